The molecule has 0 saturated heterocycles. The van der Waals surface area contributed by atoms with E-state index in [2.05, 4.69) is 16.4 Å². The van der Waals surface area contributed by atoms with Crippen LogP contribution in [0.1, 0.15) is 32.1 Å². The van der Waals surface area contributed by atoms with E-state index in [-0.39, 0.29) is 5.69 Å². The molecule has 5 nitrogen and oxygen atoms in total. The van der Waals surface area contributed by atoms with E-state index in [1.807, 2.05) is 0 Å². The van der Waals surface area contributed by atoms with Crippen LogP contribution in [0.5, 0.6) is 0 Å². The molecule has 1 aliphatic rings. The predicted octanol–water partition coefficient (Wildman–Crippen LogP) is 3.29. The minimum absolute atomic E-state index is 0.0236. The topological polar surface area (TPSA) is 68.1 Å². The molecule has 18 heavy (non-hydrogen) atoms. The van der Waals surface area contributed by atoms with Gasteiger partial charge in [0, 0.05) is 12.6 Å². The number of rotatable bonds is 5. The maximum Gasteiger partial charge on any atom is 0.287 e. The molecule has 96 valence electrons. The molecular formula is C13H17N3O2. The van der Waals surface area contributed by atoms with Crippen LogP contribution in [0.15, 0.2) is 30.0 Å². The van der Waals surface area contributed by atoms with E-state index in [0.717, 1.165) is 13.0 Å². The van der Waals surface area contributed by atoms with E-state index in [4.69, 9.17) is 0 Å². The summed E-state index contributed by atoms with van der Waals surface area (Å²) in [5.74, 6) is 0.692. The molecule has 0 fully saturated rings. The Balaban J connectivity index is 1.79. The standard InChI is InChI=1S/C13H17N3O2/c17-16(18)12-6-7-13(15-10-12)14-9-8-11-4-2-1-3-5-11/h4,6-7,10H,1-3,5,8-9H2,(H,14,15). The Morgan fingerprint density at radius 2 is 2.28 bits per heavy atom. The molecule has 0 saturated carbocycles. The van der Waals surface area contributed by atoms with Crippen molar-refractivity contribution in [2.45, 2.75) is 32.1 Å². The Bertz CT molecular complexity index is 440. The minimum atomic E-state index is -0.441. The van der Waals surface area contributed by atoms with Gasteiger partial charge in [0.25, 0.3) is 5.69 Å². The highest BCUT2D eigenvalue weighted by Crippen LogP contribution is 2.20. The highest BCUT2D eigenvalue weighted by atomic mass is 16.6. The Hall–Kier alpha value is -1.91. The van der Waals surface area contributed by atoms with Crippen molar-refractivity contribution in [3.63, 3.8) is 0 Å². The van der Waals surface area contributed by atoms with Crippen molar-refractivity contribution in [2.24, 2.45) is 0 Å². The first-order valence-corrected chi connectivity index (χ1v) is 6.28. The van der Waals surface area contributed by atoms with Crippen LogP contribution < -0.4 is 5.32 Å². The van der Waals surface area contributed by atoms with Gasteiger partial charge in [0.05, 0.1) is 4.92 Å². The second-order valence-corrected chi connectivity index (χ2v) is 4.44. The lowest BCUT2D eigenvalue weighted by Gasteiger charge is -2.13. The molecule has 1 N–H and O–H groups in total. The van der Waals surface area contributed by atoms with Crippen LogP contribution in [-0.2, 0) is 0 Å². The number of nitrogens with one attached hydrogen (secondary N) is 1. The number of anilines is 1. The Morgan fingerprint density at radius 3 is 2.89 bits per heavy atom. The summed E-state index contributed by atoms with van der Waals surface area (Å²) in [7, 11) is 0. The van der Waals surface area contributed by atoms with E-state index in [1.165, 1.54) is 43.5 Å². The third-order valence-corrected chi connectivity index (χ3v) is 3.10. The monoisotopic (exact) mass is 247 g/mol. The summed E-state index contributed by atoms with van der Waals surface area (Å²) in [4.78, 5) is 14.0. The largest absolute Gasteiger partial charge is 0.370 e. The maximum atomic E-state index is 10.5. The molecule has 0 aromatic carbocycles. The maximum absolute atomic E-state index is 10.5. The Kier molecular flexibility index (Phi) is 4.28. The summed E-state index contributed by atoms with van der Waals surface area (Å²) in [5.41, 5.74) is 1.53. The van der Waals surface area contributed by atoms with Crippen LogP contribution in [0.2, 0.25) is 0 Å². The summed E-state index contributed by atoms with van der Waals surface area (Å²) in [6.45, 7) is 0.830. The third-order valence-electron chi connectivity index (χ3n) is 3.10. The molecule has 1 aromatic heterocycles. The molecule has 0 aliphatic heterocycles. The van der Waals surface area contributed by atoms with Gasteiger partial charge in [-0.3, -0.25) is 10.1 Å². The molecule has 0 bridgehead atoms. The molecule has 5 heteroatoms. The van der Waals surface area contributed by atoms with E-state index >= 15 is 0 Å². The fraction of sp³-hybridized carbons (Fsp3) is 0.462. The Labute approximate surface area is 106 Å². The highest BCUT2D eigenvalue weighted by molar-refractivity contribution is 5.40. The van der Waals surface area contributed by atoms with E-state index in [0.29, 0.717) is 5.82 Å². The van der Waals surface area contributed by atoms with Gasteiger partial charge in [0.1, 0.15) is 12.0 Å². The number of hydrogen-bond donors (Lipinski definition) is 1. The smallest absolute Gasteiger partial charge is 0.287 e. The highest BCUT2D eigenvalue weighted by Gasteiger charge is 2.06. The average molecular weight is 247 g/mol. The van der Waals surface area contributed by atoms with Gasteiger partial charge in [0.2, 0.25) is 0 Å². The molecule has 1 heterocycles. The number of nitro groups is 1. The van der Waals surface area contributed by atoms with Gasteiger partial charge in [-0.15, -0.1) is 0 Å². The lowest BCUT2D eigenvalue weighted by Crippen LogP contribution is -2.05. The molecule has 0 unspecified atom stereocenters. The summed E-state index contributed by atoms with van der Waals surface area (Å²) < 4.78 is 0. The van der Waals surface area contributed by atoms with Crippen LogP contribution in [0.25, 0.3) is 0 Å². The van der Waals surface area contributed by atoms with Gasteiger partial charge in [-0.05, 0) is 38.2 Å². The first-order chi connectivity index (χ1) is 8.75. The summed E-state index contributed by atoms with van der Waals surface area (Å²) >= 11 is 0. The molecule has 0 amide bonds. The molecular weight excluding hydrogens is 230 g/mol. The quantitative estimate of drug-likeness (QED) is 0.492. The molecule has 1 aliphatic carbocycles. The molecule has 0 spiro atoms. The van der Waals surface area contributed by atoms with Crippen molar-refractivity contribution in [3.05, 3.63) is 40.1 Å². The van der Waals surface area contributed by atoms with Gasteiger partial charge in [-0.25, -0.2) is 4.98 Å². The van der Waals surface area contributed by atoms with Gasteiger partial charge >= 0.3 is 0 Å². The van der Waals surface area contributed by atoms with Gasteiger partial charge in [-0.1, -0.05) is 11.6 Å². The van der Waals surface area contributed by atoms with Crippen LogP contribution >= 0.6 is 0 Å². The lowest BCUT2D eigenvalue weighted by molar-refractivity contribution is -0.385. The van der Waals surface area contributed by atoms with Crippen molar-refractivity contribution in [2.75, 3.05) is 11.9 Å². The average Bonchev–Trinajstić information content (AvgIpc) is 2.40. The second kappa shape index (κ2) is 6.14. The molecule has 1 aromatic rings. The molecule has 0 atom stereocenters. The van der Waals surface area contributed by atoms with Crippen LogP contribution in [0, 0.1) is 10.1 Å². The van der Waals surface area contributed by atoms with Crippen LogP contribution in [0.4, 0.5) is 11.5 Å². The zero-order valence-electron chi connectivity index (χ0n) is 10.3. The van der Waals surface area contributed by atoms with E-state index in [9.17, 15) is 10.1 Å². The fourth-order valence-electron chi connectivity index (χ4n) is 2.08. The van der Waals surface area contributed by atoms with Crippen molar-refractivity contribution in [1.82, 2.24) is 4.98 Å². The second-order valence-electron chi connectivity index (χ2n) is 4.44. The number of pyridine rings is 1. The van der Waals surface area contributed by atoms with Gasteiger partial charge in [-0.2, -0.15) is 0 Å². The number of nitrogens with zero attached hydrogens (tertiary/aromatic N) is 2. The minimum Gasteiger partial charge on any atom is -0.370 e. The van der Waals surface area contributed by atoms with Crippen molar-refractivity contribution < 1.29 is 4.92 Å². The predicted molar refractivity (Wildman–Crippen MR) is 70.5 cm³/mol. The normalized spacial score (nSPS) is 15.0. The molecule has 0 radical (unpaired) electrons. The zero-order chi connectivity index (χ0) is 12.8. The number of aromatic nitrogens is 1. The SMILES string of the molecule is O=[N+]([O-])c1ccc(NCCC2=CCCCC2)nc1. The van der Waals surface area contributed by atoms with Crippen molar-refractivity contribution in [1.29, 1.82) is 0 Å². The van der Waals surface area contributed by atoms with E-state index in [1.54, 1.807) is 6.07 Å². The number of allylic oxidation sites excluding steroid dienone is 1. The summed E-state index contributed by atoms with van der Waals surface area (Å²) in [5, 5.41) is 13.7. The fourth-order valence-corrected chi connectivity index (χ4v) is 2.08. The molecule has 2 rings (SSSR count). The third kappa shape index (κ3) is 3.55. The van der Waals surface area contributed by atoms with E-state index < -0.39 is 4.92 Å². The first kappa shape index (κ1) is 12.5. The first-order valence-electron chi connectivity index (χ1n) is 6.28. The summed E-state index contributed by atoms with van der Waals surface area (Å²) in [6.07, 6.45) is 9.64. The summed E-state index contributed by atoms with van der Waals surface area (Å²) in [6, 6.07) is 3.11. The van der Waals surface area contributed by atoms with Crippen molar-refractivity contribution in [3.8, 4) is 0 Å². The number of hydrogen-bond acceptors (Lipinski definition) is 4. The zero-order valence-corrected chi connectivity index (χ0v) is 10.3. The van der Waals surface area contributed by atoms with Crippen LogP contribution in [0.3, 0.4) is 0 Å². The van der Waals surface area contributed by atoms with Crippen LogP contribution in [-0.4, -0.2) is 16.5 Å². The lowest BCUT2D eigenvalue weighted by atomic mass is 9.97. The Morgan fingerprint density at radius 1 is 1.39 bits per heavy atom. The van der Waals surface area contributed by atoms with Gasteiger partial charge < -0.3 is 5.32 Å². The van der Waals surface area contributed by atoms with Gasteiger partial charge in [0.15, 0.2) is 0 Å². The van der Waals surface area contributed by atoms with Crippen molar-refractivity contribution >= 4 is 11.5 Å².